The lowest BCUT2D eigenvalue weighted by molar-refractivity contribution is 0.412. The Labute approximate surface area is 134 Å². The highest BCUT2D eigenvalue weighted by molar-refractivity contribution is 9.10. The lowest BCUT2D eigenvalue weighted by Crippen LogP contribution is -2.26. The molecular weight excluding hydrogens is 326 g/mol. The van der Waals surface area contributed by atoms with E-state index in [-0.39, 0.29) is 6.04 Å². The first-order valence-corrected chi connectivity index (χ1v) is 8.11. The molecule has 1 saturated carbocycles. The lowest BCUT2D eigenvalue weighted by atomic mass is 9.99. The maximum atomic E-state index is 6.41. The highest BCUT2D eigenvalue weighted by atomic mass is 79.9. The minimum atomic E-state index is 0.218. The number of methoxy groups -OCH3 is 1. The highest BCUT2D eigenvalue weighted by Gasteiger charge is 2.42. The van der Waals surface area contributed by atoms with Gasteiger partial charge in [0.05, 0.1) is 11.6 Å². The predicted molar refractivity (Wildman–Crippen MR) is 89.7 cm³/mol. The molecule has 1 aliphatic carbocycles. The van der Waals surface area contributed by atoms with Crippen molar-refractivity contribution in [1.82, 2.24) is 0 Å². The van der Waals surface area contributed by atoms with Crippen molar-refractivity contribution in [3.05, 3.63) is 64.1 Å². The second-order valence-corrected chi connectivity index (χ2v) is 6.61. The molecule has 3 heteroatoms. The van der Waals surface area contributed by atoms with E-state index < -0.39 is 0 Å². The molecule has 2 nitrogen and oxygen atoms in total. The van der Waals surface area contributed by atoms with Gasteiger partial charge < -0.3 is 10.5 Å². The van der Waals surface area contributed by atoms with Gasteiger partial charge in [0.15, 0.2) is 0 Å². The fraction of sp³-hybridized carbons (Fsp3) is 0.333. The maximum absolute atomic E-state index is 6.41. The second kappa shape index (κ2) is 6.20. The molecule has 21 heavy (non-hydrogen) atoms. The molecular formula is C18H20BrNO. The number of rotatable bonds is 5. The zero-order chi connectivity index (χ0) is 14.8. The Balaban J connectivity index is 1.63. The first-order valence-electron chi connectivity index (χ1n) is 7.32. The highest BCUT2D eigenvalue weighted by Crippen LogP contribution is 2.49. The van der Waals surface area contributed by atoms with Crippen LogP contribution in [0.25, 0.3) is 0 Å². The SMILES string of the molecule is COc1ccc(CC(N)C2CC2c2ccccc2)cc1Br. The van der Waals surface area contributed by atoms with Crippen LogP contribution in [0.3, 0.4) is 0 Å². The minimum absolute atomic E-state index is 0.218. The molecule has 0 bridgehead atoms. The number of benzene rings is 2. The summed E-state index contributed by atoms with van der Waals surface area (Å²) >= 11 is 3.53. The van der Waals surface area contributed by atoms with Gasteiger partial charge in [-0.25, -0.2) is 0 Å². The van der Waals surface area contributed by atoms with Gasteiger partial charge in [0, 0.05) is 6.04 Å². The Bertz CT molecular complexity index is 614. The quantitative estimate of drug-likeness (QED) is 0.884. The van der Waals surface area contributed by atoms with Gasteiger partial charge in [-0.3, -0.25) is 0 Å². The van der Waals surface area contributed by atoms with Crippen LogP contribution in [0, 0.1) is 5.92 Å². The van der Waals surface area contributed by atoms with Gasteiger partial charge >= 0.3 is 0 Å². The summed E-state index contributed by atoms with van der Waals surface area (Å²) in [5, 5.41) is 0. The fourth-order valence-electron chi connectivity index (χ4n) is 3.03. The van der Waals surface area contributed by atoms with Crippen LogP contribution in [0.15, 0.2) is 53.0 Å². The summed E-state index contributed by atoms with van der Waals surface area (Å²) in [6.45, 7) is 0. The summed E-state index contributed by atoms with van der Waals surface area (Å²) in [4.78, 5) is 0. The largest absolute Gasteiger partial charge is 0.496 e. The Morgan fingerprint density at radius 1 is 1.24 bits per heavy atom. The van der Waals surface area contributed by atoms with E-state index in [4.69, 9.17) is 10.5 Å². The third-order valence-electron chi connectivity index (χ3n) is 4.31. The van der Waals surface area contributed by atoms with Gasteiger partial charge in [-0.15, -0.1) is 0 Å². The molecule has 0 spiro atoms. The van der Waals surface area contributed by atoms with Gasteiger partial charge in [-0.1, -0.05) is 36.4 Å². The van der Waals surface area contributed by atoms with E-state index in [0.29, 0.717) is 11.8 Å². The molecule has 0 amide bonds. The third kappa shape index (κ3) is 3.30. The van der Waals surface area contributed by atoms with Crippen LogP contribution in [-0.4, -0.2) is 13.2 Å². The molecule has 3 rings (SSSR count). The molecule has 2 N–H and O–H groups in total. The first kappa shape index (κ1) is 14.6. The van der Waals surface area contributed by atoms with Crippen LogP contribution in [-0.2, 0) is 6.42 Å². The summed E-state index contributed by atoms with van der Waals surface area (Å²) in [6, 6.07) is 17.1. The zero-order valence-electron chi connectivity index (χ0n) is 12.1. The Morgan fingerprint density at radius 2 is 2.00 bits per heavy atom. The van der Waals surface area contributed by atoms with Crippen molar-refractivity contribution < 1.29 is 4.74 Å². The summed E-state index contributed by atoms with van der Waals surface area (Å²) < 4.78 is 6.25. The van der Waals surface area contributed by atoms with Crippen molar-refractivity contribution >= 4 is 15.9 Å². The standard InChI is InChI=1S/C18H20BrNO/c1-21-18-8-7-12(9-16(18)19)10-17(20)15-11-14(15)13-5-3-2-4-6-13/h2-9,14-15,17H,10-11,20H2,1H3. The molecule has 1 aliphatic rings. The number of ether oxygens (including phenoxy) is 1. The first-order chi connectivity index (χ1) is 10.2. The van der Waals surface area contributed by atoms with Crippen molar-refractivity contribution in [2.24, 2.45) is 11.7 Å². The molecule has 3 unspecified atom stereocenters. The molecule has 2 aromatic rings. The molecule has 0 radical (unpaired) electrons. The van der Waals surface area contributed by atoms with Crippen molar-refractivity contribution in [2.45, 2.75) is 24.8 Å². The molecule has 3 atom stereocenters. The average molecular weight is 346 g/mol. The topological polar surface area (TPSA) is 35.2 Å². The Hall–Kier alpha value is -1.32. The number of nitrogens with two attached hydrogens (primary N) is 1. The van der Waals surface area contributed by atoms with Crippen LogP contribution >= 0.6 is 15.9 Å². The molecule has 0 saturated heterocycles. The number of halogens is 1. The molecule has 2 aromatic carbocycles. The van der Waals surface area contributed by atoms with E-state index in [1.165, 1.54) is 17.5 Å². The normalized spacial score (nSPS) is 21.9. The summed E-state index contributed by atoms with van der Waals surface area (Å²) in [5.41, 5.74) is 9.10. The predicted octanol–water partition coefficient (Wildman–Crippen LogP) is 4.13. The Kier molecular flexibility index (Phi) is 4.32. The molecule has 110 valence electrons. The van der Waals surface area contributed by atoms with Crippen molar-refractivity contribution in [2.75, 3.05) is 7.11 Å². The van der Waals surface area contributed by atoms with Crippen molar-refractivity contribution in [1.29, 1.82) is 0 Å². The van der Waals surface area contributed by atoms with Gasteiger partial charge in [-0.05, 0) is 63.9 Å². The maximum Gasteiger partial charge on any atom is 0.133 e. The average Bonchev–Trinajstić information content (AvgIpc) is 3.29. The second-order valence-electron chi connectivity index (χ2n) is 5.75. The van der Waals surface area contributed by atoms with E-state index in [0.717, 1.165) is 16.6 Å². The van der Waals surface area contributed by atoms with Gasteiger partial charge in [-0.2, -0.15) is 0 Å². The number of hydrogen-bond donors (Lipinski definition) is 1. The van der Waals surface area contributed by atoms with Crippen molar-refractivity contribution in [3.63, 3.8) is 0 Å². The third-order valence-corrected chi connectivity index (χ3v) is 4.92. The van der Waals surface area contributed by atoms with Crippen LogP contribution in [0.1, 0.15) is 23.5 Å². The van der Waals surface area contributed by atoms with Gasteiger partial charge in [0.2, 0.25) is 0 Å². The summed E-state index contributed by atoms with van der Waals surface area (Å²) in [6.07, 6.45) is 2.12. The van der Waals surface area contributed by atoms with Crippen LogP contribution in [0.5, 0.6) is 5.75 Å². The van der Waals surface area contributed by atoms with Gasteiger partial charge in [0.1, 0.15) is 5.75 Å². The Morgan fingerprint density at radius 3 is 2.67 bits per heavy atom. The van der Waals surface area contributed by atoms with Crippen LogP contribution in [0.4, 0.5) is 0 Å². The molecule has 0 aromatic heterocycles. The molecule has 1 fully saturated rings. The smallest absolute Gasteiger partial charge is 0.133 e. The van der Waals surface area contributed by atoms with Crippen molar-refractivity contribution in [3.8, 4) is 5.75 Å². The van der Waals surface area contributed by atoms with E-state index in [1.807, 2.05) is 6.07 Å². The molecule has 0 aliphatic heterocycles. The fourth-order valence-corrected chi connectivity index (χ4v) is 3.62. The lowest BCUT2D eigenvalue weighted by Gasteiger charge is -2.13. The summed E-state index contributed by atoms with van der Waals surface area (Å²) in [5.74, 6) is 2.11. The van der Waals surface area contributed by atoms with E-state index in [9.17, 15) is 0 Å². The zero-order valence-corrected chi connectivity index (χ0v) is 13.7. The monoisotopic (exact) mass is 345 g/mol. The van der Waals surface area contributed by atoms with Crippen LogP contribution < -0.4 is 10.5 Å². The van der Waals surface area contributed by atoms with Crippen LogP contribution in [0.2, 0.25) is 0 Å². The molecule has 0 heterocycles. The minimum Gasteiger partial charge on any atom is -0.496 e. The van der Waals surface area contributed by atoms with E-state index in [2.05, 4.69) is 58.4 Å². The van der Waals surface area contributed by atoms with Gasteiger partial charge in [0.25, 0.3) is 0 Å². The van der Waals surface area contributed by atoms with E-state index >= 15 is 0 Å². The number of hydrogen-bond acceptors (Lipinski definition) is 2. The summed E-state index contributed by atoms with van der Waals surface area (Å²) in [7, 11) is 1.68. The van der Waals surface area contributed by atoms with E-state index in [1.54, 1.807) is 7.11 Å².